The van der Waals surface area contributed by atoms with Gasteiger partial charge in [0.15, 0.2) is 5.96 Å². The molecule has 3 aromatic rings. The van der Waals surface area contributed by atoms with Crippen LogP contribution in [0.5, 0.6) is 5.75 Å². The van der Waals surface area contributed by atoms with Gasteiger partial charge < -0.3 is 15.8 Å². The normalized spacial score (nSPS) is 11.7. The number of alkyl halides is 3. The Morgan fingerprint density at radius 3 is 2.43 bits per heavy atom. The van der Waals surface area contributed by atoms with Crippen LogP contribution in [-0.2, 0) is 13.1 Å². The topological polar surface area (TPSA) is 77.5 Å². The van der Waals surface area contributed by atoms with Crippen molar-refractivity contribution in [2.75, 3.05) is 0 Å². The number of nitrogens with zero attached hydrogens (tertiary/aromatic N) is 3. The van der Waals surface area contributed by atoms with E-state index in [1.54, 1.807) is 4.68 Å². The molecule has 3 N–H and O–H groups in total. The van der Waals surface area contributed by atoms with Gasteiger partial charge in [0.25, 0.3) is 0 Å². The fourth-order valence-corrected chi connectivity index (χ4v) is 2.60. The number of benzene rings is 2. The minimum absolute atomic E-state index is 0. The number of hydrogen-bond acceptors (Lipinski definition) is 3. The van der Waals surface area contributed by atoms with Crippen molar-refractivity contribution in [1.82, 2.24) is 15.1 Å². The molecule has 0 aliphatic heterocycles. The Hall–Kier alpha value is -2.76. The summed E-state index contributed by atoms with van der Waals surface area (Å²) in [6.45, 7) is 2.59. The standard InChI is InChI=1S/C20H20F3N5O.HI/c1-14-16(13-28(27-14)17-5-3-2-4-6-17)12-26-19(24)25-11-15-7-9-18(10-8-15)29-20(21,22)23;/h2-10,13H,11-12H2,1H3,(H3,24,25,26);1H. The Balaban J connectivity index is 0.00000320. The molecule has 0 radical (unpaired) electrons. The Kier molecular flexibility index (Phi) is 8.09. The van der Waals surface area contributed by atoms with E-state index in [0.717, 1.165) is 16.9 Å². The van der Waals surface area contributed by atoms with E-state index in [1.807, 2.05) is 43.5 Å². The number of para-hydroxylation sites is 1. The molecule has 0 unspecified atom stereocenters. The van der Waals surface area contributed by atoms with E-state index in [0.29, 0.717) is 12.1 Å². The number of nitrogens with one attached hydrogen (secondary N) is 1. The van der Waals surface area contributed by atoms with Crippen LogP contribution in [0.25, 0.3) is 5.69 Å². The summed E-state index contributed by atoms with van der Waals surface area (Å²) in [6, 6.07) is 15.2. The fraction of sp³-hybridized carbons (Fsp3) is 0.200. The molecule has 160 valence electrons. The van der Waals surface area contributed by atoms with Crippen LogP contribution < -0.4 is 15.8 Å². The Morgan fingerprint density at radius 2 is 1.80 bits per heavy atom. The van der Waals surface area contributed by atoms with Gasteiger partial charge in [-0.3, -0.25) is 0 Å². The fourth-order valence-electron chi connectivity index (χ4n) is 2.60. The molecule has 0 saturated carbocycles. The second-order valence-electron chi connectivity index (χ2n) is 6.27. The van der Waals surface area contributed by atoms with Crippen LogP contribution in [0.2, 0.25) is 0 Å². The molecule has 0 spiro atoms. The highest BCUT2D eigenvalue weighted by Gasteiger charge is 2.30. The average molecular weight is 531 g/mol. The van der Waals surface area contributed by atoms with Crippen LogP contribution in [0.3, 0.4) is 0 Å². The van der Waals surface area contributed by atoms with Gasteiger partial charge in [-0.25, -0.2) is 9.67 Å². The maximum Gasteiger partial charge on any atom is 0.573 e. The van der Waals surface area contributed by atoms with Gasteiger partial charge in [-0.05, 0) is 36.8 Å². The molecule has 30 heavy (non-hydrogen) atoms. The third kappa shape index (κ3) is 6.94. The van der Waals surface area contributed by atoms with Crippen molar-refractivity contribution in [1.29, 1.82) is 0 Å². The SMILES string of the molecule is Cc1nn(-c2ccccc2)cc1CNC(N)=NCc1ccc(OC(F)(F)F)cc1.I. The number of rotatable bonds is 6. The van der Waals surface area contributed by atoms with Crippen molar-refractivity contribution in [2.45, 2.75) is 26.4 Å². The molecular weight excluding hydrogens is 510 g/mol. The van der Waals surface area contributed by atoms with Gasteiger partial charge in [0.2, 0.25) is 0 Å². The number of aliphatic imine (C=N–C) groups is 1. The zero-order chi connectivity index (χ0) is 20.9. The highest BCUT2D eigenvalue weighted by atomic mass is 127. The van der Waals surface area contributed by atoms with Crippen molar-refractivity contribution in [3.05, 3.63) is 77.6 Å². The molecule has 0 aliphatic carbocycles. The van der Waals surface area contributed by atoms with E-state index in [4.69, 9.17) is 5.73 Å². The zero-order valence-corrected chi connectivity index (χ0v) is 18.4. The lowest BCUT2D eigenvalue weighted by Crippen LogP contribution is -2.31. The van der Waals surface area contributed by atoms with Crippen molar-refractivity contribution >= 4 is 29.9 Å². The van der Waals surface area contributed by atoms with Crippen molar-refractivity contribution in [3.63, 3.8) is 0 Å². The summed E-state index contributed by atoms with van der Waals surface area (Å²) in [5, 5.41) is 7.51. The van der Waals surface area contributed by atoms with Gasteiger partial charge in [0.1, 0.15) is 5.75 Å². The monoisotopic (exact) mass is 531 g/mol. The van der Waals surface area contributed by atoms with E-state index in [-0.39, 0.29) is 42.2 Å². The molecule has 10 heteroatoms. The lowest BCUT2D eigenvalue weighted by atomic mass is 10.2. The van der Waals surface area contributed by atoms with Crippen LogP contribution in [-0.4, -0.2) is 22.1 Å². The average Bonchev–Trinajstić information content (AvgIpc) is 3.06. The van der Waals surface area contributed by atoms with Gasteiger partial charge in [-0.15, -0.1) is 37.1 Å². The molecule has 0 aliphatic rings. The molecule has 2 aromatic carbocycles. The summed E-state index contributed by atoms with van der Waals surface area (Å²) in [5.74, 6) is -0.0466. The van der Waals surface area contributed by atoms with Crippen molar-refractivity contribution in [3.8, 4) is 11.4 Å². The van der Waals surface area contributed by atoms with Crippen LogP contribution in [0, 0.1) is 6.92 Å². The van der Waals surface area contributed by atoms with Crippen molar-refractivity contribution < 1.29 is 17.9 Å². The van der Waals surface area contributed by atoms with Gasteiger partial charge >= 0.3 is 6.36 Å². The van der Waals surface area contributed by atoms with E-state index in [1.165, 1.54) is 24.3 Å². The van der Waals surface area contributed by atoms with Gasteiger partial charge in [-0.1, -0.05) is 30.3 Å². The molecule has 0 bridgehead atoms. The zero-order valence-electron chi connectivity index (χ0n) is 16.1. The van der Waals surface area contributed by atoms with E-state index in [2.05, 4.69) is 20.1 Å². The van der Waals surface area contributed by atoms with Gasteiger partial charge in [0.05, 0.1) is 17.9 Å². The minimum atomic E-state index is -4.71. The minimum Gasteiger partial charge on any atom is -0.406 e. The summed E-state index contributed by atoms with van der Waals surface area (Å²) < 4.78 is 42.1. The largest absolute Gasteiger partial charge is 0.573 e. The molecule has 1 aromatic heterocycles. The predicted molar refractivity (Wildman–Crippen MR) is 119 cm³/mol. The Labute approximate surface area is 189 Å². The molecule has 0 atom stereocenters. The highest BCUT2D eigenvalue weighted by molar-refractivity contribution is 14.0. The second kappa shape index (κ2) is 10.3. The number of nitrogens with two attached hydrogens (primary N) is 1. The molecule has 0 amide bonds. The second-order valence-corrected chi connectivity index (χ2v) is 6.27. The Bertz CT molecular complexity index is 972. The summed E-state index contributed by atoms with van der Waals surface area (Å²) in [7, 11) is 0. The first kappa shape index (κ1) is 23.5. The summed E-state index contributed by atoms with van der Waals surface area (Å²) in [5.41, 5.74) is 9.40. The molecular formula is C20H21F3IN5O. The van der Waals surface area contributed by atoms with Crippen molar-refractivity contribution in [2.24, 2.45) is 10.7 Å². The lowest BCUT2D eigenvalue weighted by molar-refractivity contribution is -0.274. The number of aryl methyl sites for hydroxylation is 1. The Morgan fingerprint density at radius 1 is 1.13 bits per heavy atom. The number of halogens is 4. The number of ether oxygens (including phenoxy) is 1. The number of guanidine groups is 1. The summed E-state index contributed by atoms with van der Waals surface area (Å²) in [6.07, 6.45) is -2.79. The lowest BCUT2D eigenvalue weighted by Gasteiger charge is -2.09. The highest BCUT2D eigenvalue weighted by Crippen LogP contribution is 2.22. The first-order valence-corrected chi connectivity index (χ1v) is 8.79. The van der Waals surface area contributed by atoms with Crippen LogP contribution >= 0.6 is 24.0 Å². The smallest absolute Gasteiger partial charge is 0.406 e. The maximum atomic E-state index is 12.2. The summed E-state index contributed by atoms with van der Waals surface area (Å²) in [4.78, 5) is 4.20. The molecule has 1 heterocycles. The van der Waals surface area contributed by atoms with Crippen LogP contribution in [0.4, 0.5) is 13.2 Å². The van der Waals surface area contributed by atoms with Gasteiger partial charge in [0, 0.05) is 18.3 Å². The number of hydrogen-bond donors (Lipinski definition) is 2. The van der Waals surface area contributed by atoms with E-state index >= 15 is 0 Å². The van der Waals surface area contributed by atoms with Crippen LogP contribution in [0.15, 0.2) is 65.8 Å². The number of aromatic nitrogens is 2. The third-order valence-corrected chi connectivity index (χ3v) is 4.07. The molecule has 3 rings (SSSR count). The molecule has 0 fully saturated rings. The summed E-state index contributed by atoms with van der Waals surface area (Å²) >= 11 is 0. The van der Waals surface area contributed by atoms with E-state index < -0.39 is 6.36 Å². The molecule has 0 saturated heterocycles. The first-order chi connectivity index (χ1) is 13.8. The third-order valence-electron chi connectivity index (χ3n) is 4.07. The van der Waals surface area contributed by atoms with Crippen LogP contribution in [0.1, 0.15) is 16.8 Å². The van der Waals surface area contributed by atoms with E-state index in [9.17, 15) is 13.2 Å². The predicted octanol–water partition coefficient (Wildman–Crippen LogP) is 4.30. The quantitative estimate of drug-likeness (QED) is 0.283. The molecule has 6 nitrogen and oxygen atoms in total. The van der Waals surface area contributed by atoms with Gasteiger partial charge in [-0.2, -0.15) is 5.10 Å². The maximum absolute atomic E-state index is 12.2. The first-order valence-electron chi connectivity index (χ1n) is 8.79.